The van der Waals surface area contributed by atoms with E-state index in [4.69, 9.17) is 0 Å². The van der Waals surface area contributed by atoms with Crippen LogP contribution >= 0.6 is 0 Å². The lowest BCUT2D eigenvalue weighted by atomic mass is 9.75. The molecule has 0 aromatic heterocycles. The van der Waals surface area contributed by atoms with Crippen LogP contribution in [0.15, 0.2) is 24.3 Å². The van der Waals surface area contributed by atoms with Crippen LogP contribution < -0.4 is 10.6 Å². The number of nitrogens with one attached hydrogen (secondary N) is 2. The van der Waals surface area contributed by atoms with Gasteiger partial charge in [-0.1, -0.05) is 25.5 Å². The number of carbonyl (C=O) groups excluding carboxylic acids is 3. The third-order valence-corrected chi connectivity index (χ3v) is 5.73. The Morgan fingerprint density at radius 3 is 2.74 bits per heavy atom. The van der Waals surface area contributed by atoms with Crippen molar-refractivity contribution in [3.8, 4) is 5.75 Å². The van der Waals surface area contributed by atoms with Crippen LogP contribution in [0.25, 0.3) is 0 Å². The number of urea groups is 1. The molecule has 0 radical (unpaired) electrons. The molecule has 3 rings (SSSR count). The largest absolute Gasteiger partial charge is 0.508 e. The van der Waals surface area contributed by atoms with E-state index in [1.807, 2.05) is 6.07 Å². The Balaban J connectivity index is 1.50. The summed E-state index contributed by atoms with van der Waals surface area (Å²) in [6.07, 6.45) is 4.78. The Hall–Kier alpha value is -2.57. The van der Waals surface area contributed by atoms with Crippen molar-refractivity contribution in [1.82, 2.24) is 15.5 Å². The van der Waals surface area contributed by atoms with Crippen molar-refractivity contribution in [3.05, 3.63) is 29.8 Å². The first-order valence-electron chi connectivity index (χ1n) is 9.62. The van der Waals surface area contributed by atoms with Crippen molar-refractivity contribution in [2.45, 2.75) is 51.0 Å². The van der Waals surface area contributed by atoms with Gasteiger partial charge in [-0.05, 0) is 55.7 Å². The highest BCUT2D eigenvalue weighted by Crippen LogP contribution is 2.37. The van der Waals surface area contributed by atoms with E-state index < -0.39 is 11.6 Å². The van der Waals surface area contributed by atoms with Crippen LogP contribution in [0, 0.1) is 5.92 Å². The van der Waals surface area contributed by atoms with Gasteiger partial charge in [0.25, 0.3) is 5.91 Å². The Morgan fingerprint density at radius 2 is 2.07 bits per heavy atom. The number of aromatic hydroxyl groups is 1. The number of hydrogen-bond acceptors (Lipinski definition) is 4. The normalized spacial score (nSPS) is 24.9. The van der Waals surface area contributed by atoms with Crippen LogP contribution in [0.5, 0.6) is 5.75 Å². The Labute approximate surface area is 159 Å². The Bertz CT molecular complexity index is 726. The summed E-state index contributed by atoms with van der Waals surface area (Å²) >= 11 is 0. The molecule has 0 bridgehead atoms. The molecule has 1 aromatic rings. The van der Waals surface area contributed by atoms with Crippen molar-refractivity contribution in [2.75, 3.05) is 13.1 Å². The number of phenols is 1. The highest BCUT2D eigenvalue weighted by molar-refractivity contribution is 6.09. The third-order valence-electron chi connectivity index (χ3n) is 5.73. The van der Waals surface area contributed by atoms with E-state index in [0.29, 0.717) is 31.7 Å². The average molecular weight is 373 g/mol. The number of phenolic OH excluding ortho intramolecular Hbond substituents is 1. The van der Waals surface area contributed by atoms with Crippen LogP contribution in [-0.4, -0.2) is 46.5 Å². The van der Waals surface area contributed by atoms with Gasteiger partial charge in [-0.3, -0.25) is 14.5 Å². The van der Waals surface area contributed by atoms with Gasteiger partial charge in [0, 0.05) is 6.54 Å². The molecule has 27 heavy (non-hydrogen) atoms. The summed E-state index contributed by atoms with van der Waals surface area (Å²) in [6.45, 7) is 2.25. The Kier molecular flexibility index (Phi) is 5.68. The van der Waals surface area contributed by atoms with Gasteiger partial charge in [0.1, 0.15) is 17.8 Å². The summed E-state index contributed by atoms with van der Waals surface area (Å²) in [7, 11) is 0. The molecule has 1 heterocycles. The first-order valence-corrected chi connectivity index (χ1v) is 9.62. The maximum atomic E-state index is 12.8. The summed E-state index contributed by atoms with van der Waals surface area (Å²) < 4.78 is 0. The van der Waals surface area contributed by atoms with Gasteiger partial charge in [-0.25, -0.2) is 4.79 Å². The minimum absolute atomic E-state index is 0.182. The zero-order valence-corrected chi connectivity index (χ0v) is 15.7. The summed E-state index contributed by atoms with van der Waals surface area (Å²) in [5.74, 6) is 0.152. The van der Waals surface area contributed by atoms with E-state index >= 15 is 0 Å². The molecule has 3 N–H and O–H groups in total. The number of nitrogens with zero attached hydrogens (tertiary/aromatic N) is 1. The van der Waals surface area contributed by atoms with E-state index in [-0.39, 0.29) is 24.1 Å². The molecule has 7 heteroatoms. The molecule has 1 spiro atoms. The summed E-state index contributed by atoms with van der Waals surface area (Å²) in [6, 6.07) is 6.36. The number of benzene rings is 1. The number of amides is 4. The zero-order chi connectivity index (χ0) is 19.4. The van der Waals surface area contributed by atoms with Crippen molar-refractivity contribution >= 4 is 17.8 Å². The summed E-state index contributed by atoms with van der Waals surface area (Å²) in [5.41, 5.74) is 0.0851. The molecule has 1 saturated carbocycles. The topological polar surface area (TPSA) is 98.7 Å². The van der Waals surface area contributed by atoms with Crippen LogP contribution in [0.4, 0.5) is 4.79 Å². The molecular weight excluding hydrogens is 346 g/mol. The second-order valence-electron chi connectivity index (χ2n) is 7.53. The molecule has 0 atom stereocenters. The Morgan fingerprint density at radius 1 is 1.33 bits per heavy atom. The smallest absolute Gasteiger partial charge is 0.325 e. The fraction of sp³-hybridized carbons (Fsp3) is 0.550. The lowest BCUT2D eigenvalue weighted by Crippen LogP contribution is -2.50. The molecule has 0 unspecified atom stereocenters. The van der Waals surface area contributed by atoms with Gasteiger partial charge in [0.05, 0.1) is 0 Å². The number of carbonyl (C=O) groups is 3. The monoisotopic (exact) mass is 373 g/mol. The first kappa shape index (κ1) is 19.2. The van der Waals surface area contributed by atoms with Gasteiger partial charge in [0.2, 0.25) is 5.91 Å². The minimum Gasteiger partial charge on any atom is -0.508 e. The molecule has 2 aliphatic rings. The molecule has 7 nitrogen and oxygen atoms in total. The molecule has 146 valence electrons. The predicted octanol–water partition coefficient (Wildman–Crippen LogP) is 1.94. The molecule has 1 saturated heterocycles. The highest BCUT2D eigenvalue weighted by Gasteiger charge is 2.52. The van der Waals surface area contributed by atoms with E-state index in [1.54, 1.807) is 18.2 Å². The first-order chi connectivity index (χ1) is 12.9. The van der Waals surface area contributed by atoms with Crippen molar-refractivity contribution in [3.63, 3.8) is 0 Å². The van der Waals surface area contributed by atoms with Crippen molar-refractivity contribution in [1.29, 1.82) is 0 Å². The van der Waals surface area contributed by atoms with Gasteiger partial charge in [-0.2, -0.15) is 0 Å². The number of rotatable bonds is 6. The number of imide groups is 1. The standard InChI is InChI=1S/C20H27N3O4/c1-2-14-6-9-20(10-7-14)18(26)23(19(27)22-20)13-17(25)21-11-8-15-4-3-5-16(24)12-15/h3-5,12,14,24H,2,6-11,13H2,1H3,(H,21,25)(H,22,27). The molecule has 1 aromatic carbocycles. The van der Waals surface area contributed by atoms with Crippen LogP contribution in [0.3, 0.4) is 0 Å². The minimum atomic E-state index is -0.815. The van der Waals surface area contributed by atoms with Gasteiger partial charge < -0.3 is 15.7 Å². The lowest BCUT2D eigenvalue weighted by Gasteiger charge is -2.34. The second kappa shape index (κ2) is 7.98. The maximum absolute atomic E-state index is 12.8. The summed E-state index contributed by atoms with van der Waals surface area (Å²) in [5, 5.41) is 15.0. The van der Waals surface area contributed by atoms with Crippen LogP contribution in [0.1, 0.15) is 44.6 Å². The van der Waals surface area contributed by atoms with E-state index in [1.165, 1.54) is 0 Å². The van der Waals surface area contributed by atoms with Crippen LogP contribution in [0.2, 0.25) is 0 Å². The van der Waals surface area contributed by atoms with E-state index in [2.05, 4.69) is 17.6 Å². The van der Waals surface area contributed by atoms with Crippen molar-refractivity contribution < 1.29 is 19.5 Å². The summed E-state index contributed by atoms with van der Waals surface area (Å²) in [4.78, 5) is 38.3. The third kappa shape index (κ3) is 4.23. The van der Waals surface area contributed by atoms with Gasteiger partial charge in [-0.15, -0.1) is 0 Å². The van der Waals surface area contributed by atoms with Gasteiger partial charge >= 0.3 is 6.03 Å². The highest BCUT2D eigenvalue weighted by atomic mass is 16.3. The SMILES string of the molecule is CCC1CCC2(CC1)NC(=O)N(CC(=O)NCCc1cccc(O)c1)C2=O. The average Bonchev–Trinajstić information content (AvgIpc) is 2.87. The molecule has 1 aliphatic heterocycles. The molecule has 4 amide bonds. The quantitative estimate of drug-likeness (QED) is 0.664. The van der Waals surface area contributed by atoms with Crippen molar-refractivity contribution in [2.24, 2.45) is 5.92 Å². The fourth-order valence-corrected chi connectivity index (χ4v) is 4.00. The van der Waals surface area contributed by atoms with Gasteiger partial charge in [0.15, 0.2) is 0 Å². The van der Waals surface area contributed by atoms with E-state index in [9.17, 15) is 19.5 Å². The fourth-order valence-electron chi connectivity index (χ4n) is 4.00. The number of hydrogen-bond donors (Lipinski definition) is 3. The van der Waals surface area contributed by atoms with E-state index in [0.717, 1.165) is 29.7 Å². The molecule has 2 fully saturated rings. The zero-order valence-electron chi connectivity index (χ0n) is 15.7. The lowest BCUT2D eigenvalue weighted by molar-refractivity contribution is -0.136. The van der Waals surface area contributed by atoms with Crippen LogP contribution in [-0.2, 0) is 16.0 Å². The molecular formula is C20H27N3O4. The predicted molar refractivity (Wildman–Crippen MR) is 100 cm³/mol. The maximum Gasteiger partial charge on any atom is 0.325 e. The molecule has 1 aliphatic carbocycles. The second-order valence-corrected chi connectivity index (χ2v) is 7.53.